The maximum Gasteiger partial charge on any atom is 0.341 e. The van der Waals surface area contributed by atoms with Crippen LogP contribution in [0.2, 0.25) is 0 Å². The molecule has 2 fully saturated rings. The SMILES string of the molecule is C=CC(=O)OCCCCCCOC(=O)c1cc(C2CCC(OC(=O)c3ccc(CCCCCCCCC)cc3)CC2)ccc1OCC1CCC(CCc2ccc(OC(=O)C=C)cc2)CC1. The number of rotatable bonds is 28. The molecule has 0 atom stereocenters. The van der Waals surface area contributed by atoms with E-state index in [2.05, 4.69) is 38.3 Å². The van der Waals surface area contributed by atoms with Gasteiger partial charge in [0, 0.05) is 12.2 Å². The fourth-order valence-electron chi connectivity index (χ4n) is 9.09. The number of ether oxygens (including phenoxy) is 5. The van der Waals surface area contributed by atoms with Gasteiger partial charge < -0.3 is 23.7 Å². The van der Waals surface area contributed by atoms with E-state index in [1.165, 1.54) is 56.1 Å². The van der Waals surface area contributed by atoms with Crippen molar-refractivity contribution in [1.82, 2.24) is 0 Å². The Bertz CT molecular complexity index is 1920. The van der Waals surface area contributed by atoms with Crippen molar-refractivity contribution in [2.75, 3.05) is 19.8 Å². The number of esters is 4. The Morgan fingerprint density at radius 1 is 0.600 bits per heavy atom. The topological polar surface area (TPSA) is 114 Å². The highest BCUT2D eigenvalue weighted by Crippen LogP contribution is 2.37. The summed E-state index contributed by atoms with van der Waals surface area (Å²) in [5.41, 5.74) is 4.63. The Morgan fingerprint density at radius 2 is 1.20 bits per heavy atom. The number of hydrogen-bond acceptors (Lipinski definition) is 9. The first-order valence-electron chi connectivity index (χ1n) is 24.7. The summed E-state index contributed by atoms with van der Waals surface area (Å²) in [6, 6.07) is 21.6. The minimum atomic E-state index is -0.460. The fraction of sp³-hybridized carbons (Fsp3) is 0.536. The molecule has 0 saturated heterocycles. The molecule has 0 bridgehead atoms. The smallest absolute Gasteiger partial charge is 0.341 e. The highest BCUT2D eigenvalue weighted by atomic mass is 16.5. The number of carbonyl (C=O) groups is 4. The van der Waals surface area contributed by atoms with Crippen LogP contribution in [-0.2, 0) is 36.6 Å². The molecule has 0 N–H and O–H groups in total. The van der Waals surface area contributed by atoms with Gasteiger partial charge in [-0.3, -0.25) is 0 Å². The lowest BCUT2D eigenvalue weighted by molar-refractivity contribution is -0.137. The second-order valence-corrected chi connectivity index (χ2v) is 18.1. The van der Waals surface area contributed by atoms with Crippen LogP contribution >= 0.6 is 0 Å². The van der Waals surface area contributed by atoms with Gasteiger partial charge in [0.25, 0.3) is 0 Å². The molecule has 2 saturated carbocycles. The number of benzene rings is 3. The second-order valence-electron chi connectivity index (χ2n) is 18.1. The maximum absolute atomic E-state index is 13.7. The molecule has 9 nitrogen and oxygen atoms in total. The molecule has 2 aliphatic rings. The molecule has 0 heterocycles. The summed E-state index contributed by atoms with van der Waals surface area (Å²) in [6.07, 6.45) is 25.1. The normalized spacial score (nSPS) is 18.2. The third kappa shape index (κ3) is 18.3. The van der Waals surface area contributed by atoms with Crippen molar-refractivity contribution in [3.05, 3.63) is 120 Å². The van der Waals surface area contributed by atoms with E-state index in [1.807, 2.05) is 48.5 Å². The van der Waals surface area contributed by atoms with Crippen molar-refractivity contribution in [3.63, 3.8) is 0 Å². The summed E-state index contributed by atoms with van der Waals surface area (Å²) < 4.78 is 28.5. The first kappa shape index (κ1) is 50.8. The maximum atomic E-state index is 13.7. The van der Waals surface area contributed by atoms with Gasteiger partial charge in [-0.2, -0.15) is 0 Å². The van der Waals surface area contributed by atoms with E-state index in [1.54, 1.807) is 0 Å². The van der Waals surface area contributed by atoms with E-state index in [-0.39, 0.29) is 24.0 Å². The summed E-state index contributed by atoms with van der Waals surface area (Å²) in [4.78, 5) is 49.6. The monoisotopic (exact) mass is 891 g/mol. The molecule has 2 aliphatic carbocycles. The lowest BCUT2D eigenvalue weighted by Crippen LogP contribution is -2.24. The standard InChI is InChI=1S/C56H74O9/c1-4-7-8-9-10-11-14-17-42-24-28-47(29-25-42)55(59)65-50-35-30-46(31-36-50)48-32-37-52(51(40-48)56(60)62-39-16-13-12-15-38-61-53(57)5-2)63-41-45-22-20-43(21-23-45)18-19-44-26-33-49(34-27-44)64-54(58)6-3/h5-6,24-29,32-34,37,40,43,45-46,50H,2-4,7-23,30-31,35-36,38-39,41H2,1H3. The number of unbranched alkanes of at least 4 members (excludes halogenated alkanes) is 9. The first-order valence-corrected chi connectivity index (χ1v) is 24.7. The zero-order valence-electron chi connectivity index (χ0n) is 39.1. The van der Waals surface area contributed by atoms with E-state index in [9.17, 15) is 19.2 Å². The number of carbonyl (C=O) groups excluding carboxylic acids is 4. The molecular formula is C56H74O9. The van der Waals surface area contributed by atoms with E-state index < -0.39 is 11.9 Å². The summed E-state index contributed by atoms with van der Waals surface area (Å²) in [5.74, 6) is 0.847. The van der Waals surface area contributed by atoms with Crippen LogP contribution in [0.25, 0.3) is 0 Å². The zero-order chi connectivity index (χ0) is 46.1. The van der Waals surface area contributed by atoms with Crippen LogP contribution in [0.5, 0.6) is 11.5 Å². The van der Waals surface area contributed by atoms with Crippen molar-refractivity contribution in [2.24, 2.45) is 11.8 Å². The summed E-state index contributed by atoms with van der Waals surface area (Å²) >= 11 is 0. The Labute approximate surface area is 388 Å². The lowest BCUT2D eigenvalue weighted by atomic mass is 9.80. The highest BCUT2D eigenvalue weighted by molar-refractivity contribution is 5.93. The van der Waals surface area contributed by atoms with Crippen LogP contribution < -0.4 is 9.47 Å². The van der Waals surface area contributed by atoms with Gasteiger partial charge in [0.05, 0.1) is 25.4 Å². The molecular weight excluding hydrogens is 817 g/mol. The van der Waals surface area contributed by atoms with Crippen molar-refractivity contribution in [1.29, 1.82) is 0 Å². The summed E-state index contributed by atoms with van der Waals surface area (Å²) in [6.45, 7) is 10.3. The Hall–Kier alpha value is -5.18. The van der Waals surface area contributed by atoms with Crippen LogP contribution in [-0.4, -0.2) is 49.8 Å². The summed E-state index contributed by atoms with van der Waals surface area (Å²) in [7, 11) is 0. The van der Waals surface area contributed by atoms with Gasteiger partial charge >= 0.3 is 23.9 Å². The molecule has 9 heteroatoms. The van der Waals surface area contributed by atoms with Crippen LogP contribution in [0, 0.1) is 11.8 Å². The van der Waals surface area contributed by atoms with E-state index in [0.29, 0.717) is 60.7 Å². The number of hydrogen-bond donors (Lipinski definition) is 0. The van der Waals surface area contributed by atoms with E-state index >= 15 is 0 Å². The van der Waals surface area contributed by atoms with E-state index in [0.717, 1.165) is 108 Å². The average Bonchev–Trinajstić information content (AvgIpc) is 3.34. The molecule has 352 valence electrons. The Kier molecular flexibility index (Phi) is 22.4. The van der Waals surface area contributed by atoms with Gasteiger partial charge in [0.15, 0.2) is 0 Å². The summed E-state index contributed by atoms with van der Waals surface area (Å²) in [5, 5.41) is 0. The van der Waals surface area contributed by atoms with Gasteiger partial charge in [-0.25, -0.2) is 19.2 Å². The fourth-order valence-corrected chi connectivity index (χ4v) is 9.09. The minimum absolute atomic E-state index is 0.135. The third-order valence-electron chi connectivity index (χ3n) is 13.2. The molecule has 0 unspecified atom stereocenters. The molecule has 3 aromatic carbocycles. The van der Waals surface area contributed by atoms with Crippen molar-refractivity contribution in [2.45, 2.75) is 160 Å². The van der Waals surface area contributed by atoms with Gasteiger partial charge in [-0.15, -0.1) is 0 Å². The van der Waals surface area contributed by atoms with Gasteiger partial charge in [-0.05, 0) is 161 Å². The van der Waals surface area contributed by atoms with Crippen LogP contribution in [0.3, 0.4) is 0 Å². The van der Waals surface area contributed by atoms with E-state index in [4.69, 9.17) is 23.7 Å². The lowest BCUT2D eigenvalue weighted by Gasteiger charge is -2.30. The number of aryl methyl sites for hydroxylation is 2. The minimum Gasteiger partial charge on any atom is -0.492 e. The highest BCUT2D eigenvalue weighted by Gasteiger charge is 2.28. The third-order valence-corrected chi connectivity index (χ3v) is 13.2. The van der Waals surface area contributed by atoms with Crippen LogP contribution in [0.1, 0.15) is 179 Å². The zero-order valence-corrected chi connectivity index (χ0v) is 39.1. The first-order chi connectivity index (χ1) is 31.7. The van der Waals surface area contributed by atoms with Crippen LogP contribution in [0.4, 0.5) is 0 Å². The predicted octanol–water partition coefficient (Wildman–Crippen LogP) is 13.2. The Balaban J connectivity index is 1.09. The molecule has 0 aromatic heterocycles. The van der Waals surface area contributed by atoms with Crippen LogP contribution in [0.15, 0.2) is 92.0 Å². The molecule has 5 rings (SSSR count). The average molecular weight is 891 g/mol. The molecule has 0 amide bonds. The van der Waals surface area contributed by atoms with Crippen molar-refractivity contribution in [3.8, 4) is 11.5 Å². The van der Waals surface area contributed by atoms with Crippen molar-refractivity contribution < 1.29 is 42.9 Å². The molecule has 0 radical (unpaired) electrons. The largest absolute Gasteiger partial charge is 0.492 e. The Morgan fingerprint density at radius 3 is 1.88 bits per heavy atom. The van der Waals surface area contributed by atoms with Gasteiger partial charge in [-0.1, -0.05) is 102 Å². The van der Waals surface area contributed by atoms with Crippen molar-refractivity contribution >= 4 is 23.9 Å². The molecule has 0 spiro atoms. The molecule has 0 aliphatic heterocycles. The molecule has 3 aromatic rings. The van der Waals surface area contributed by atoms with Gasteiger partial charge in [0.1, 0.15) is 23.2 Å². The van der Waals surface area contributed by atoms with Gasteiger partial charge in [0.2, 0.25) is 0 Å². The second kappa shape index (κ2) is 28.7. The predicted molar refractivity (Wildman–Crippen MR) is 256 cm³/mol. The quantitative estimate of drug-likeness (QED) is 0.0231. The molecule has 65 heavy (non-hydrogen) atoms.